The van der Waals surface area contributed by atoms with Gasteiger partial charge in [-0.05, 0) is 69.7 Å². The number of nitrogens with zero attached hydrogens (tertiary/aromatic N) is 4. The third kappa shape index (κ3) is 5.82. The lowest BCUT2D eigenvalue weighted by Gasteiger charge is -2.04. The Hall–Kier alpha value is -0.870. The van der Waals surface area contributed by atoms with E-state index >= 15 is 0 Å². The summed E-state index contributed by atoms with van der Waals surface area (Å²) in [5.41, 5.74) is 1.04. The first-order valence-electron chi connectivity index (χ1n) is 7.73. The van der Waals surface area contributed by atoms with E-state index in [1.165, 1.54) is 0 Å². The Kier molecular flexibility index (Phi) is 8.62. The standard InChI is InChI=1S/C16H17Br2N5OS.ClH/c1-23-16(20-21-22-23)25-8-2-7-19-10-12-4-6-15(24-12)13-5-3-11(17)9-14(13)18;/h3-6,9,19H,2,7-8,10H2,1H3;1H. The Balaban J connectivity index is 0.00000243. The first kappa shape index (κ1) is 21.4. The molecule has 2 heterocycles. The molecule has 0 saturated heterocycles. The normalized spacial score (nSPS) is 10.7. The largest absolute Gasteiger partial charge is 0.460 e. The van der Waals surface area contributed by atoms with Gasteiger partial charge in [-0.15, -0.1) is 17.5 Å². The minimum atomic E-state index is 0. The first-order chi connectivity index (χ1) is 12.1. The van der Waals surface area contributed by atoms with E-state index < -0.39 is 0 Å². The Morgan fingerprint density at radius 3 is 2.81 bits per heavy atom. The van der Waals surface area contributed by atoms with E-state index in [4.69, 9.17) is 4.42 Å². The van der Waals surface area contributed by atoms with Gasteiger partial charge in [0.2, 0.25) is 5.16 Å². The molecule has 0 aliphatic carbocycles. The molecule has 0 atom stereocenters. The highest BCUT2D eigenvalue weighted by molar-refractivity contribution is 9.11. The molecule has 140 valence electrons. The zero-order valence-corrected chi connectivity index (χ0v) is 18.8. The van der Waals surface area contributed by atoms with E-state index in [0.29, 0.717) is 6.54 Å². The van der Waals surface area contributed by atoms with Crippen molar-refractivity contribution in [3.05, 3.63) is 45.0 Å². The summed E-state index contributed by atoms with van der Waals surface area (Å²) in [5.74, 6) is 2.76. The molecule has 10 heteroatoms. The summed E-state index contributed by atoms with van der Waals surface area (Å²) in [6.45, 7) is 1.63. The van der Waals surface area contributed by atoms with Gasteiger partial charge in [0.15, 0.2) is 0 Å². The predicted octanol–water partition coefficient (Wildman–Crippen LogP) is 4.69. The SMILES string of the molecule is Cl.Cn1nnnc1SCCCNCc1ccc(-c2ccc(Br)cc2Br)o1. The van der Waals surface area contributed by atoms with Crippen LogP contribution in [0.3, 0.4) is 0 Å². The average molecular weight is 524 g/mol. The van der Waals surface area contributed by atoms with Crippen LogP contribution in [0.5, 0.6) is 0 Å². The third-order valence-corrected chi connectivity index (χ3v) is 5.71. The lowest BCUT2D eigenvalue weighted by Crippen LogP contribution is -2.14. The second kappa shape index (κ2) is 10.5. The summed E-state index contributed by atoms with van der Waals surface area (Å²) in [6, 6.07) is 10.1. The number of furan rings is 1. The van der Waals surface area contributed by atoms with Crippen LogP contribution >= 0.6 is 56.0 Å². The maximum absolute atomic E-state index is 5.93. The second-order valence-corrected chi connectivity index (χ2v) is 8.19. The predicted molar refractivity (Wildman–Crippen MR) is 113 cm³/mol. The van der Waals surface area contributed by atoms with Gasteiger partial charge in [-0.2, -0.15) is 0 Å². The van der Waals surface area contributed by atoms with Crippen LogP contribution in [-0.4, -0.2) is 32.5 Å². The number of halogens is 3. The van der Waals surface area contributed by atoms with E-state index in [9.17, 15) is 0 Å². The highest BCUT2D eigenvalue weighted by Crippen LogP contribution is 2.31. The highest BCUT2D eigenvalue weighted by Gasteiger charge is 2.09. The van der Waals surface area contributed by atoms with Crippen LogP contribution < -0.4 is 5.32 Å². The fourth-order valence-electron chi connectivity index (χ4n) is 2.22. The monoisotopic (exact) mass is 521 g/mol. The summed E-state index contributed by atoms with van der Waals surface area (Å²) >= 11 is 8.69. The van der Waals surface area contributed by atoms with Crippen LogP contribution in [0.1, 0.15) is 12.2 Å². The van der Waals surface area contributed by atoms with E-state index in [-0.39, 0.29) is 12.4 Å². The minimum absolute atomic E-state index is 0. The number of aromatic nitrogens is 4. The lowest BCUT2D eigenvalue weighted by molar-refractivity contribution is 0.493. The minimum Gasteiger partial charge on any atom is -0.460 e. The summed E-state index contributed by atoms with van der Waals surface area (Å²) in [4.78, 5) is 0. The van der Waals surface area contributed by atoms with Gasteiger partial charge in [-0.25, -0.2) is 4.68 Å². The van der Waals surface area contributed by atoms with Gasteiger partial charge >= 0.3 is 0 Å². The molecule has 26 heavy (non-hydrogen) atoms. The molecule has 0 radical (unpaired) electrons. The van der Waals surface area contributed by atoms with Crippen molar-refractivity contribution in [2.75, 3.05) is 12.3 Å². The number of thioether (sulfide) groups is 1. The van der Waals surface area contributed by atoms with Gasteiger partial charge in [-0.1, -0.05) is 27.7 Å². The van der Waals surface area contributed by atoms with E-state index in [2.05, 4.69) is 52.7 Å². The molecular weight excluding hydrogens is 506 g/mol. The summed E-state index contributed by atoms with van der Waals surface area (Å²) in [6.07, 6.45) is 1.03. The smallest absolute Gasteiger partial charge is 0.209 e. The van der Waals surface area contributed by atoms with Gasteiger partial charge in [-0.3, -0.25) is 0 Å². The molecule has 2 aromatic heterocycles. The van der Waals surface area contributed by atoms with Crippen molar-refractivity contribution in [2.24, 2.45) is 7.05 Å². The molecule has 0 unspecified atom stereocenters. The Bertz CT molecular complexity index is 842. The van der Waals surface area contributed by atoms with Crippen molar-refractivity contribution in [3.63, 3.8) is 0 Å². The van der Waals surface area contributed by atoms with Crippen molar-refractivity contribution in [1.82, 2.24) is 25.5 Å². The number of nitrogens with one attached hydrogen (secondary N) is 1. The molecule has 3 aromatic rings. The number of rotatable bonds is 8. The zero-order chi connectivity index (χ0) is 17.6. The van der Waals surface area contributed by atoms with E-state index in [0.717, 1.165) is 49.9 Å². The third-order valence-electron chi connectivity index (χ3n) is 3.47. The molecule has 0 aliphatic heterocycles. The number of aryl methyl sites for hydroxylation is 1. The van der Waals surface area contributed by atoms with Crippen LogP contribution in [-0.2, 0) is 13.6 Å². The number of hydrogen-bond acceptors (Lipinski definition) is 6. The average Bonchev–Trinajstić information content (AvgIpc) is 3.20. The number of benzene rings is 1. The number of tetrazole rings is 1. The fraction of sp³-hybridized carbons (Fsp3) is 0.312. The van der Waals surface area contributed by atoms with Crippen molar-refractivity contribution < 1.29 is 4.42 Å². The van der Waals surface area contributed by atoms with Gasteiger partial charge < -0.3 is 9.73 Å². The molecule has 0 fully saturated rings. The van der Waals surface area contributed by atoms with Crippen LogP contribution in [0.2, 0.25) is 0 Å². The van der Waals surface area contributed by atoms with Crippen LogP contribution in [0, 0.1) is 0 Å². The summed E-state index contributed by atoms with van der Waals surface area (Å²) in [7, 11) is 1.85. The molecule has 0 aliphatic rings. The molecule has 1 aromatic carbocycles. The van der Waals surface area contributed by atoms with Gasteiger partial charge in [0.05, 0.1) is 6.54 Å². The van der Waals surface area contributed by atoms with Crippen molar-refractivity contribution in [3.8, 4) is 11.3 Å². The lowest BCUT2D eigenvalue weighted by atomic mass is 10.2. The number of hydrogen-bond donors (Lipinski definition) is 1. The Morgan fingerprint density at radius 2 is 2.08 bits per heavy atom. The van der Waals surface area contributed by atoms with Crippen LogP contribution in [0.15, 0.2) is 48.9 Å². The van der Waals surface area contributed by atoms with Crippen LogP contribution in [0.4, 0.5) is 0 Å². The fourth-order valence-corrected chi connectivity index (χ4v) is 4.25. The first-order valence-corrected chi connectivity index (χ1v) is 10.3. The molecule has 0 spiro atoms. The van der Waals surface area contributed by atoms with Gasteiger partial charge in [0.1, 0.15) is 11.5 Å². The van der Waals surface area contributed by atoms with Crippen molar-refractivity contribution in [2.45, 2.75) is 18.1 Å². The maximum atomic E-state index is 5.93. The Labute approximate surface area is 179 Å². The van der Waals surface area contributed by atoms with Crippen molar-refractivity contribution >= 4 is 56.0 Å². The quantitative estimate of drug-likeness (QED) is 0.341. The molecular formula is C16H18Br2ClN5OS. The van der Waals surface area contributed by atoms with Crippen LogP contribution in [0.25, 0.3) is 11.3 Å². The zero-order valence-electron chi connectivity index (χ0n) is 14.0. The molecule has 0 amide bonds. The topological polar surface area (TPSA) is 68.8 Å². The molecule has 3 rings (SSSR count). The van der Waals surface area contributed by atoms with Gasteiger partial charge in [0, 0.05) is 27.3 Å². The molecule has 1 N–H and O–H groups in total. The maximum Gasteiger partial charge on any atom is 0.209 e. The molecule has 0 bridgehead atoms. The van der Waals surface area contributed by atoms with E-state index in [1.807, 2.05) is 37.4 Å². The molecule has 6 nitrogen and oxygen atoms in total. The Morgan fingerprint density at radius 1 is 1.23 bits per heavy atom. The highest BCUT2D eigenvalue weighted by atomic mass is 79.9. The van der Waals surface area contributed by atoms with E-state index in [1.54, 1.807) is 16.4 Å². The second-order valence-electron chi connectivity index (χ2n) is 5.35. The summed E-state index contributed by atoms with van der Waals surface area (Å²) in [5, 5.41) is 15.6. The van der Waals surface area contributed by atoms with Gasteiger partial charge in [0.25, 0.3) is 0 Å². The molecule has 0 saturated carbocycles. The van der Waals surface area contributed by atoms with Crippen molar-refractivity contribution in [1.29, 1.82) is 0 Å². The summed E-state index contributed by atoms with van der Waals surface area (Å²) < 4.78 is 9.65.